The van der Waals surface area contributed by atoms with E-state index in [2.05, 4.69) is 17.1 Å². The van der Waals surface area contributed by atoms with E-state index < -0.39 is 5.60 Å². The monoisotopic (exact) mass is 282 g/mol. The summed E-state index contributed by atoms with van der Waals surface area (Å²) in [6, 6.07) is 0. The van der Waals surface area contributed by atoms with Gasteiger partial charge in [0.2, 0.25) is 5.91 Å². The van der Waals surface area contributed by atoms with Gasteiger partial charge in [0.05, 0.1) is 12.0 Å². The van der Waals surface area contributed by atoms with Crippen LogP contribution in [0.2, 0.25) is 0 Å². The normalized spacial score (nSPS) is 24.5. The molecule has 0 aromatic heterocycles. The van der Waals surface area contributed by atoms with Crippen molar-refractivity contribution in [2.75, 3.05) is 26.2 Å². The number of nitrogens with zero attached hydrogens (tertiary/aromatic N) is 1. The van der Waals surface area contributed by atoms with Gasteiger partial charge < -0.3 is 15.3 Å². The number of hydrogen-bond donors (Lipinski definition) is 2. The number of carbonyl (C=O) groups is 1. The SMILES string of the molecule is CC1CCN(CCNC(=O)CC2(O)CCCCC2)CC1. The van der Waals surface area contributed by atoms with Crippen LogP contribution < -0.4 is 5.32 Å². The number of aliphatic hydroxyl groups is 1. The van der Waals surface area contributed by atoms with E-state index in [0.29, 0.717) is 6.54 Å². The second-order valence-electron chi connectivity index (χ2n) is 6.84. The molecule has 1 saturated heterocycles. The maximum absolute atomic E-state index is 11.9. The van der Waals surface area contributed by atoms with Crippen molar-refractivity contribution in [1.29, 1.82) is 0 Å². The number of rotatable bonds is 5. The largest absolute Gasteiger partial charge is 0.389 e. The lowest BCUT2D eigenvalue weighted by molar-refractivity contribution is -0.127. The number of amides is 1. The molecule has 0 aromatic carbocycles. The van der Waals surface area contributed by atoms with Crippen LogP contribution in [0.15, 0.2) is 0 Å². The summed E-state index contributed by atoms with van der Waals surface area (Å²) in [5, 5.41) is 13.3. The van der Waals surface area contributed by atoms with E-state index in [1.54, 1.807) is 0 Å². The van der Waals surface area contributed by atoms with Crippen LogP contribution in [0.4, 0.5) is 0 Å². The number of hydrogen-bond acceptors (Lipinski definition) is 3. The second-order valence-corrected chi connectivity index (χ2v) is 6.84. The molecule has 0 bridgehead atoms. The van der Waals surface area contributed by atoms with Crippen molar-refractivity contribution >= 4 is 5.91 Å². The molecule has 1 aliphatic carbocycles. The molecule has 116 valence electrons. The molecule has 0 spiro atoms. The van der Waals surface area contributed by atoms with Gasteiger partial charge in [-0.05, 0) is 44.7 Å². The van der Waals surface area contributed by atoms with Crippen LogP contribution in [-0.4, -0.2) is 47.7 Å². The summed E-state index contributed by atoms with van der Waals surface area (Å²) in [4.78, 5) is 14.3. The average Bonchev–Trinajstić information content (AvgIpc) is 2.41. The Morgan fingerprint density at radius 2 is 1.90 bits per heavy atom. The fraction of sp³-hybridized carbons (Fsp3) is 0.938. The molecule has 2 aliphatic rings. The fourth-order valence-electron chi connectivity index (χ4n) is 3.39. The Kier molecular flexibility index (Phi) is 5.85. The zero-order valence-electron chi connectivity index (χ0n) is 12.9. The van der Waals surface area contributed by atoms with E-state index in [4.69, 9.17) is 0 Å². The molecule has 0 aromatic rings. The molecule has 4 nitrogen and oxygen atoms in total. The summed E-state index contributed by atoms with van der Waals surface area (Å²) in [5.74, 6) is 0.862. The lowest BCUT2D eigenvalue weighted by Crippen LogP contribution is -2.42. The predicted molar refractivity (Wildman–Crippen MR) is 80.5 cm³/mol. The van der Waals surface area contributed by atoms with E-state index in [0.717, 1.165) is 51.2 Å². The van der Waals surface area contributed by atoms with E-state index in [9.17, 15) is 9.90 Å². The minimum atomic E-state index is -0.733. The van der Waals surface area contributed by atoms with Crippen molar-refractivity contribution < 1.29 is 9.90 Å². The van der Waals surface area contributed by atoms with Crippen molar-refractivity contribution in [3.8, 4) is 0 Å². The fourth-order valence-corrected chi connectivity index (χ4v) is 3.39. The molecule has 1 heterocycles. The van der Waals surface area contributed by atoms with Gasteiger partial charge in [-0.3, -0.25) is 4.79 Å². The molecule has 1 amide bonds. The molecule has 0 atom stereocenters. The van der Waals surface area contributed by atoms with E-state index >= 15 is 0 Å². The van der Waals surface area contributed by atoms with Crippen molar-refractivity contribution in [2.45, 2.75) is 63.9 Å². The van der Waals surface area contributed by atoms with Crippen LogP contribution in [0, 0.1) is 5.92 Å². The Hall–Kier alpha value is -0.610. The average molecular weight is 282 g/mol. The third-order valence-electron chi connectivity index (χ3n) is 4.90. The number of likely N-dealkylation sites (tertiary alicyclic amines) is 1. The highest BCUT2D eigenvalue weighted by molar-refractivity contribution is 5.77. The smallest absolute Gasteiger partial charge is 0.222 e. The summed E-state index contributed by atoms with van der Waals surface area (Å²) < 4.78 is 0. The van der Waals surface area contributed by atoms with Gasteiger partial charge >= 0.3 is 0 Å². The van der Waals surface area contributed by atoms with Gasteiger partial charge in [0.25, 0.3) is 0 Å². The van der Waals surface area contributed by atoms with Crippen LogP contribution in [-0.2, 0) is 4.79 Å². The van der Waals surface area contributed by atoms with Gasteiger partial charge in [0.1, 0.15) is 0 Å². The second kappa shape index (κ2) is 7.41. The zero-order chi connectivity index (χ0) is 14.4. The predicted octanol–water partition coefficient (Wildman–Crippen LogP) is 1.92. The zero-order valence-corrected chi connectivity index (χ0v) is 12.9. The van der Waals surface area contributed by atoms with Crippen LogP contribution in [0.25, 0.3) is 0 Å². The highest BCUT2D eigenvalue weighted by atomic mass is 16.3. The van der Waals surface area contributed by atoms with Crippen LogP contribution in [0.3, 0.4) is 0 Å². The molecule has 2 N–H and O–H groups in total. The molecule has 4 heteroatoms. The van der Waals surface area contributed by atoms with Gasteiger partial charge in [0.15, 0.2) is 0 Å². The Balaban J connectivity index is 1.60. The van der Waals surface area contributed by atoms with E-state index in [1.807, 2.05) is 0 Å². The Labute approximate surface area is 122 Å². The first-order valence-electron chi connectivity index (χ1n) is 8.29. The molecule has 0 radical (unpaired) electrons. The summed E-state index contributed by atoms with van der Waals surface area (Å²) in [7, 11) is 0. The summed E-state index contributed by atoms with van der Waals surface area (Å²) in [6.07, 6.45) is 7.68. The van der Waals surface area contributed by atoms with Crippen molar-refractivity contribution in [1.82, 2.24) is 10.2 Å². The molecule has 1 aliphatic heterocycles. The third-order valence-corrected chi connectivity index (χ3v) is 4.90. The van der Waals surface area contributed by atoms with E-state index in [1.165, 1.54) is 19.3 Å². The standard InChI is InChI=1S/C16H30N2O2/c1-14-5-10-18(11-6-14)12-9-17-15(19)13-16(20)7-3-2-4-8-16/h14,20H,2-13H2,1H3,(H,17,19). The van der Waals surface area contributed by atoms with Gasteiger partial charge in [-0.25, -0.2) is 0 Å². The van der Waals surface area contributed by atoms with Crippen molar-refractivity contribution in [2.24, 2.45) is 5.92 Å². The van der Waals surface area contributed by atoms with Crippen molar-refractivity contribution in [3.63, 3.8) is 0 Å². The topological polar surface area (TPSA) is 52.6 Å². The lowest BCUT2D eigenvalue weighted by Gasteiger charge is -2.32. The Bertz CT molecular complexity index is 306. The minimum Gasteiger partial charge on any atom is -0.389 e. The highest BCUT2D eigenvalue weighted by Gasteiger charge is 2.31. The minimum absolute atomic E-state index is 0.0137. The van der Waals surface area contributed by atoms with E-state index in [-0.39, 0.29) is 12.3 Å². The number of carbonyl (C=O) groups excluding carboxylic acids is 1. The first kappa shape index (κ1) is 15.8. The first-order valence-corrected chi connectivity index (χ1v) is 8.29. The Morgan fingerprint density at radius 3 is 2.55 bits per heavy atom. The maximum atomic E-state index is 11.9. The molecule has 2 fully saturated rings. The molecule has 0 unspecified atom stereocenters. The third kappa shape index (κ3) is 5.06. The van der Waals surface area contributed by atoms with Gasteiger partial charge in [-0.1, -0.05) is 26.2 Å². The number of nitrogens with one attached hydrogen (secondary N) is 1. The number of piperidine rings is 1. The first-order chi connectivity index (χ1) is 9.57. The van der Waals surface area contributed by atoms with Crippen LogP contribution in [0.1, 0.15) is 58.3 Å². The molecule has 20 heavy (non-hydrogen) atoms. The Morgan fingerprint density at radius 1 is 1.25 bits per heavy atom. The van der Waals surface area contributed by atoms with Crippen LogP contribution >= 0.6 is 0 Å². The highest BCUT2D eigenvalue weighted by Crippen LogP contribution is 2.30. The molecular formula is C16H30N2O2. The van der Waals surface area contributed by atoms with Crippen molar-refractivity contribution in [3.05, 3.63) is 0 Å². The quantitative estimate of drug-likeness (QED) is 0.810. The maximum Gasteiger partial charge on any atom is 0.222 e. The molecule has 2 rings (SSSR count). The summed E-state index contributed by atoms with van der Waals surface area (Å²) >= 11 is 0. The summed E-state index contributed by atoms with van der Waals surface area (Å²) in [6.45, 7) is 6.27. The lowest BCUT2D eigenvalue weighted by atomic mass is 9.82. The summed E-state index contributed by atoms with van der Waals surface area (Å²) in [5.41, 5.74) is -0.733. The van der Waals surface area contributed by atoms with Crippen LogP contribution in [0.5, 0.6) is 0 Å². The molecular weight excluding hydrogens is 252 g/mol. The molecule has 1 saturated carbocycles. The van der Waals surface area contributed by atoms with Gasteiger partial charge in [0, 0.05) is 13.1 Å². The van der Waals surface area contributed by atoms with Gasteiger partial charge in [-0.2, -0.15) is 0 Å². The van der Waals surface area contributed by atoms with Gasteiger partial charge in [-0.15, -0.1) is 0 Å².